The van der Waals surface area contributed by atoms with E-state index in [1.807, 2.05) is 24.3 Å². The highest BCUT2D eigenvalue weighted by Gasteiger charge is 2.19. The van der Waals surface area contributed by atoms with Gasteiger partial charge in [0.15, 0.2) is 11.5 Å². The van der Waals surface area contributed by atoms with Crippen LogP contribution in [0.15, 0.2) is 57.7 Å². The van der Waals surface area contributed by atoms with Gasteiger partial charge in [0, 0.05) is 19.2 Å². The third-order valence-electron chi connectivity index (χ3n) is 4.36. The molecule has 1 aliphatic heterocycles. The summed E-state index contributed by atoms with van der Waals surface area (Å²) in [5.74, 6) is 0.672. The first kappa shape index (κ1) is 15.5. The lowest BCUT2D eigenvalue weighted by Gasteiger charge is -2.30. The van der Waals surface area contributed by atoms with Crippen molar-refractivity contribution in [1.82, 2.24) is 5.16 Å². The smallest absolute Gasteiger partial charge is 0.277 e. The maximum atomic E-state index is 12.5. The molecule has 4 rings (SSSR count). The molecule has 0 radical (unpaired) electrons. The number of piperidine rings is 1. The molecule has 0 atom stereocenters. The normalized spacial score (nSPS) is 14.5. The third kappa shape index (κ3) is 3.28. The molecule has 3 heterocycles. The molecule has 2 aromatic heterocycles. The number of nitrogens with zero attached hydrogens (tertiary/aromatic N) is 2. The Morgan fingerprint density at radius 1 is 1.04 bits per heavy atom. The first-order chi connectivity index (χ1) is 12.3. The molecular weight excluding hydrogens is 318 g/mol. The summed E-state index contributed by atoms with van der Waals surface area (Å²) in [6.45, 7) is 2.03. The summed E-state index contributed by atoms with van der Waals surface area (Å²) < 4.78 is 10.5. The van der Waals surface area contributed by atoms with Gasteiger partial charge in [-0.3, -0.25) is 4.79 Å². The number of hydrogen-bond donors (Lipinski definition) is 1. The molecule has 25 heavy (non-hydrogen) atoms. The second-order valence-corrected chi connectivity index (χ2v) is 6.07. The van der Waals surface area contributed by atoms with Crippen LogP contribution in [0.3, 0.4) is 0 Å². The number of anilines is 2. The van der Waals surface area contributed by atoms with Crippen LogP contribution in [0.2, 0.25) is 0 Å². The highest BCUT2D eigenvalue weighted by Crippen LogP contribution is 2.29. The van der Waals surface area contributed by atoms with Gasteiger partial charge in [0.2, 0.25) is 5.76 Å². The topological polar surface area (TPSA) is 71.5 Å². The largest absolute Gasteiger partial charge is 0.461 e. The Bertz CT molecular complexity index is 848. The summed E-state index contributed by atoms with van der Waals surface area (Å²) in [7, 11) is 0. The van der Waals surface area contributed by atoms with Gasteiger partial charge in [0.25, 0.3) is 5.91 Å². The van der Waals surface area contributed by atoms with Crippen LogP contribution in [0.5, 0.6) is 0 Å². The number of furan rings is 1. The van der Waals surface area contributed by atoms with Crippen molar-refractivity contribution in [3.63, 3.8) is 0 Å². The Hall–Kier alpha value is -3.02. The maximum Gasteiger partial charge on any atom is 0.277 e. The molecule has 1 fully saturated rings. The van der Waals surface area contributed by atoms with E-state index in [2.05, 4.69) is 15.4 Å². The van der Waals surface area contributed by atoms with Crippen LogP contribution in [-0.2, 0) is 0 Å². The van der Waals surface area contributed by atoms with Gasteiger partial charge in [-0.05, 0) is 43.5 Å². The molecule has 1 N–H and O–H groups in total. The second-order valence-electron chi connectivity index (χ2n) is 6.07. The lowest BCUT2D eigenvalue weighted by molar-refractivity contribution is 0.101. The number of hydrogen-bond acceptors (Lipinski definition) is 5. The molecule has 0 unspecified atom stereocenters. The monoisotopic (exact) mass is 337 g/mol. The fraction of sp³-hybridized carbons (Fsp3) is 0.263. The van der Waals surface area contributed by atoms with E-state index < -0.39 is 0 Å². The minimum Gasteiger partial charge on any atom is -0.461 e. The van der Waals surface area contributed by atoms with E-state index in [0.29, 0.717) is 11.5 Å². The van der Waals surface area contributed by atoms with Crippen LogP contribution in [0, 0.1) is 0 Å². The Morgan fingerprint density at radius 3 is 2.68 bits per heavy atom. The second kappa shape index (κ2) is 6.84. The number of para-hydroxylation sites is 2. The highest BCUT2D eigenvalue weighted by molar-refractivity contribution is 6.05. The molecule has 0 aliphatic carbocycles. The van der Waals surface area contributed by atoms with Crippen molar-refractivity contribution in [1.29, 1.82) is 0 Å². The molecule has 1 aromatic carbocycles. The number of carbonyl (C=O) groups excluding carboxylic acids is 1. The Morgan fingerprint density at radius 2 is 1.88 bits per heavy atom. The van der Waals surface area contributed by atoms with Gasteiger partial charge in [-0.25, -0.2) is 0 Å². The summed E-state index contributed by atoms with van der Waals surface area (Å²) >= 11 is 0. The summed E-state index contributed by atoms with van der Waals surface area (Å²) in [6, 6.07) is 13.0. The zero-order valence-electron chi connectivity index (χ0n) is 13.8. The SMILES string of the molecule is O=C(Nc1ccccc1N1CCCCC1)c1cc(-c2ccco2)on1. The molecule has 1 aliphatic rings. The predicted molar refractivity (Wildman–Crippen MR) is 94.7 cm³/mol. The summed E-state index contributed by atoms with van der Waals surface area (Å²) in [6.07, 6.45) is 5.17. The molecule has 3 aromatic rings. The first-order valence-electron chi connectivity index (χ1n) is 8.47. The lowest BCUT2D eigenvalue weighted by Crippen LogP contribution is -2.30. The maximum absolute atomic E-state index is 12.5. The lowest BCUT2D eigenvalue weighted by atomic mass is 10.1. The molecule has 6 nitrogen and oxygen atoms in total. The average molecular weight is 337 g/mol. The minimum atomic E-state index is -0.300. The number of benzene rings is 1. The van der Waals surface area contributed by atoms with Crippen molar-refractivity contribution >= 4 is 17.3 Å². The van der Waals surface area contributed by atoms with Crippen molar-refractivity contribution in [3.05, 3.63) is 54.4 Å². The first-order valence-corrected chi connectivity index (χ1v) is 8.47. The van der Waals surface area contributed by atoms with Gasteiger partial charge in [-0.1, -0.05) is 17.3 Å². The van der Waals surface area contributed by atoms with Crippen molar-refractivity contribution < 1.29 is 13.7 Å². The van der Waals surface area contributed by atoms with E-state index in [1.54, 1.807) is 24.5 Å². The van der Waals surface area contributed by atoms with Crippen molar-refractivity contribution in [3.8, 4) is 11.5 Å². The Labute approximate surface area is 145 Å². The molecule has 1 amide bonds. The van der Waals surface area contributed by atoms with Gasteiger partial charge < -0.3 is 19.2 Å². The minimum absolute atomic E-state index is 0.222. The van der Waals surface area contributed by atoms with E-state index in [4.69, 9.17) is 8.94 Å². The predicted octanol–water partition coefficient (Wildman–Crippen LogP) is 4.18. The van der Waals surface area contributed by atoms with Crippen LogP contribution in [-0.4, -0.2) is 24.2 Å². The number of carbonyl (C=O) groups is 1. The molecule has 6 heteroatoms. The third-order valence-corrected chi connectivity index (χ3v) is 4.36. The quantitative estimate of drug-likeness (QED) is 0.773. The fourth-order valence-electron chi connectivity index (χ4n) is 3.09. The van der Waals surface area contributed by atoms with Crippen LogP contribution >= 0.6 is 0 Å². The number of amides is 1. The standard InChI is InChI=1S/C19H19N3O3/c23-19(15-13-18(25-21-15)17-9-6-12-24-17)20-14-7-2-3-8-16(14)22-10-4-1-5-11-22/h2-3,6-9,12-13H,1,4-5,10-11H2,(H,20,23). The van der Waals surface area contributed by atoms with Crippen LogP contribution in [0.25, 0.3) is 11.5 Å². The number of aromatic nitrogens is 1. The van der Waals surface area contributed by atoms with Gasteiger partial charge in [-0.2, -0.15) is 0 Å². The molecular formula is C19H19N3O3. The number of nitrogens with one attached hydrogen (secondary N) is 1. The molecule has 0 spiro atoms. The Kier molecular flexibility index (Phi) is 4.24. The van der Waals surface area contributed by atoms with Crippen molar-refractivity contribution in [2.75, 3.05) is 23.3 Å². The molecule has 0 bridgehead atoms. The summed E-state index contributed by atoms with van der Waals surface area (Å²) in [5.41, 5.74) is 2.06. The zero-order valence-corrected chi connectivity index (χ0v) is 13.8. The average Bonchev–Trinajstić information content (AvgIpc) is 3.34. The van der Waals surface area contributed by atoms with Gasteiger partial charge in [0.1, 0.15) is 0 Å². The van der Waals surface area contributed by atoms with E-state index in [1.165, 1.54) is 19.3 Å². The summed E-state index contributed by atoms with van der Waals surface area (Å²) in [4.78, 5) is 14.9. The zero-order chi connectivity index (χ0) is 17.1. The van der Waals surface area contributed by atoms with Crippen LogP contribution in [0.1, 0.15) is 29.8 Å². The molecule has 0 saturated carbocycles. The van der Waals surface area contributed by atoms with Gasteiger partial charge in [0.05, 0.1) is 17.6 Å². The van der Waals surface area contributed by atoms with E-state index >= 15 is 0 Å². The van der Waals surface area contributed by atoms with Gasteiger partial charge >= 0.3 is 0 Å². The molecule has 1 saturated heterocycles. The fourth-order valence-corrected chi connectivity index (χ4v) is 3.09. The highest BCUT2D eigenvalue weighted by atomic mass is 16.5. The van der Waals surface area contributed by atoms with E-state index in [9.17, 15) is 4.79 Å². The van der Waals surface area contributed by atoms with Crippen LogP contribution in [0.4, 0.5) is 11.4 Å². The summed E-state index contributed by atoms with van der Waals surface area (Å²) in [5, 5.41) is 6.80. The van der Waals surface area contributed by atoms with E-state index in [0.717, 1.165) is 24.5 Å². The number of rotatable bonds is 4. The van der Waals surface area contributed by atoms with E-state index in [-0.39, 0.29) is 11.6 Å². The van der Waals surface area contributed by atoms with Gasteiger partial charge in [-0.15, -0.1) is 0 Å². The van der Waals surface area contributed by atoms with Crippen molar-refractivity contribution in [2.45, 2.75) is 19.3 Å². The van der Waals surface area contributed by atoms with Crippen molar-refractivity contribution in [2.24, 2.45) is 0 Å². The molecule has 128 valence electrons. The Balaban J connectivity index is 1.53. The van der Waals surface area contributed by atoms with Crippen LogP contribution < -0.4 is 10.2 Å².